The molecule has 1 aromatic carbocycles. The number of hydrogen-bond acceptors (Lipinski definition) is 2. The van der Waals surface area contributed by atoms with E-state index >= 15 is 0 Å². The quantitative estimate of drug-likeness (QED) is 0.351. The van der Waals surface area contributed by atoms with Gasteiger partial charge in [-0.2, -0.15) is 0 Å². The van der Waals surface area contributed by atoms with Gasteiger partial charge in [-0.15, -0.1) is 24.0 Å². The van der Waals surface area contributed by atoms with Crippen LogP contribution in [0.3, 0.4) is 0 Å². The van der Waals surface area contributed by atoms with Crippen LogP contribution in [0.2, 0.25) is 0 Å². The number of guanidine groups is 1. The van der Waals surface area contributed by atoms with Crippen LogP contribution in [0.1, 0.15) is 26.3 Å². The summed E-state index contributed by atoms with van der Waals surface area (Å²) in [5, 5.41) is 9.05. The van der Waals surface area contributed by atoms with Crippen molar-refractivity contribution in [2.75, 3.05) is 13.6 Å². The lowest BCUT2D eigenvalue weighted by molar-refractivity contribution is -0.121. The molecule has 124 valence electrons. The molecule has 3 N–H and O–H groups in total. The number of rotatable bonds is 4. The average Bonchev–Trinajstić information content (AvgIpc) is 2.37. The van der Waals surface area contributed by atoms with Crippen molar-refractivity contribution in [3.05, 3.63) is 34.3 Å². The van der Waals surface area contributed by atoms with Crippen LogP contribution < -0.4 is 16.0 Å². The number of carbonyl (C=O) groups is 1. The fourth-order valence-corrected chi connectivity index (χ4v) is 2.13. The van der Waals surface area contributed by atoms with Crippen LogP contribution in [0.25, 0.3) is 0 Å². The summed E-state index contributed by atoms with van der Waals surface area (Å²) >= 11 is 3.44. The molecule has 0 fully saturated rings. The minimum Gasteiger partial charge on any atom is -0.352 e. The van der Waals surface area contributed by atoms with E-state index in [9.17, 15) is 4.79 Å². The van der Waals surface area contributed by atoms with Gasteiger partial charge in [0.25, 0.3) is 0 Å². The molecule has 0 aromatic heterocycles. The van der Waals surface area contributed by atoms with Gasteiger partial charge in [0.15, 0.2) is 5.96 Å². The lowest BCUT2D eigenvalue weighted by Gasteiger charge is -2.21. The molecule has 1 aromatic rings. The monoisotopic (exact) mass is 482 g/mol. The van der Waals surface area contributed by atoms with E-state index in [1.165, 1.54) is 0 Å². The largest absolute Gasteiger partial charge is 0.352 e. The number of benzene rings is 1. The van der Waals surface area contributed by atoms with Gasteiger partial charge in [-0.3, -0.25) is 9.79 Å². The van der Waals surface area contributed by atoms with E-state index in [4.69, 9.17) is 0 Å². The summed E-state index contributed by atoms with van der Waals surface area (Å²) in [4.78, 5) is 15.8. The maximum absolute atomic E-state index is 11.7. The molecule has 0 saturated carbocycles. The van der Waals surface area contributed by atoms with E-state index in [-0.39, 0.29) is 42.0 Å². The van der Waals surface area contributed by atoms with Gasteiger partial charge >= 0.3 is 0 Å². The first kappa shape index (κ1) is 21.2. The third-order valence-corrected chi connectivity index (χ3v) is 3.00. The SMILES string of the molecule is CN=C(NCC(=O)NC(C)(C)C)NCc1cccc(Br)c1.I. The molecule has 0 bridgehead atoms. The van der Waals surface area contributed by atoms with Crippen LogP contribution in [0.4, 0.5) is 0 Å². The molecule has 5 nitrogen and oxygen atoms in total. The third-order valence-electron chi connectivity index (χ3n) is 2.50. The highest BCUT2D eigenvalue weighted by molar-refractivity contribution is 14.0. The maximum Gasteiger partial charge on any atom is 0.239 e. The summed E-state index contributed by atoms with van der Waals surface area (Å²) in [6.45, 7) is 6.68. The summed E-state index contributed by atoms with van der Waals surface area (Å²) in [6.07, 6.45) is 0. The number of nitrogens with one attached hydrogen (secondary N) is 3. The summed E-state index contributed by atoms with van der Waals surface area (Å²) in [5.41, 5.74) is 0.901. The minimum atomic E-state index is -0.230. The molecule has 1 rings (SSSR count). The van der Waals surface area contributed by atoms with Crippen molar-refractivity contribution in [2.45, 2.75) is 32.9 Å². The Kier molecular flexibility index (Phi) is 9.66. The van der Waals surface area contributed by atoms with Crippen molar-refractivity contribution < 1.29 is 4.79 Å². The minimum absolute atomic E-state index is 0. The molecule has 0 unspecified atom stereocenters. The Morgan fingerprint density at radius 3 is 2.50 bits per heavy atom. The Morgan fingerprint density at radius 1 is 1.27 bits per heavy atom. The standard InChI is InChI=1S/C15H23BrN4O.HI/c1-15(2,3)20-13(21)10-19-14(17-4)18-9-11-6-5-7-12(16)8-11;/h5-8H,9-10H2,1-4H3,(H,20,21)(H2,17,18,19);1H. The normalized spacial score (nSPS) is 11.4. The summed E-state index contributed by atoms with van der Waals surface area (Å²) in [7, 11) is 1.68. The van der Waals surface area contributed by atoms with Crippen LogP contribution in [0, 0.1) is 0 Å². The van der Waals surface area contributed by atoms with Gasteiger partial charge in [0.05, 0.1) is 6.54 Å². The Hall–Kier alpha value is -0.830. The van der Waals surface area contributed by atoms with Crippen LogP contribution >= 0.6 is 39.9 Å². The van der Waals surface area contributed by atoms with E-state index < -0.39 is 0 Å². The average molecular weight is 483 g/mol. The van der Waals surface area contributed by atoms with Crippen molar-refractivity contribution >= 4 is 51.8 Å². The van der Waals surface area contributed by atoms with Crippen LogP contribution in [-0.4, -0.2) is 31.0 Å². The van der Waals surface area contributed by atoms with Gasteiger partial charge in [-0.05, 0) is 38.5 Å². The Morgan fingerprint density at radius 2 is 1.95 bits per heavy atom. The van der Waals surface area contributed by atoms with Crippen molar-refractivity contribution in [1.82, 2.24) is 16.0 Å². The van der Waals surface area contributed by atoms with Crippen molar-refractivity contribution in [2.24, 2.45) is 4.99 Å². The molecule has 0 heterocycles. The van der Waals surface area contributed by atoms with Crippen LogP contribution in [0.15, 0.2) is 33.7 Å². The topological polar surface area (TPSA) is 65.5 Å². The van der Waals surface area contributed by atoms with Crippen molar-refractivity contribution in [3.8, 4) is 0 Å². The number of hydrogen-bond donors (Lipinski definition) is 3. The molecule has 0 atom stereocenters. The zero-order chi connectivity index (χ0) is 15.9. The fraction of sp³-hybridized carbons (Fsp3) is 0.467. The molecular weight excluding hydrogens is 459 g/mol. The molecule has 0 aliphatic heterocycles. The first-order valence-corrected chi connectivity index (χ1v) is 7.59. The Balaban J connectivity index is 0.00000441. The predicted molar refractivity (Wildman–Crippen MR) is 106 cm³/mol. The van der Waals surface area contributed by atoms with Gasteiger partial charge in [-0.1, -0.05) is 28.1 Å². The lowest BCUT2D eigenvalue weighted by Crippen LogP contribution is -2.48. The molecule has 7 heteroatoms. The maximum atomic E-state index is 11.7. The van der Waals surface area contributed by atoms with E-state index in [2.05, 4.69) is 36.9 Å². The number of aliphatic imine (C=N–C) groups is 1. The van der Waals surface area contributed by atoms with E-state index in [0.29, 0.717) is 12.5 Å². The smallest absolute Gasteiger partial charge is 0.239 e. The molecule has 0 radical (unpaired) electrons. The highest BCUT2D eigenvalue weighted by Gasteiger charge is 2.13. The number of carbonyl (C=O) groups excluding carboxylic acids is 1. The zero-order valence-electron chi connectivity index (χ0n) is 13.4. The van der Waals surface area contributed by atoms with Gasteiger partial charge in [0, 0.05) is 23.6 Å². The van der Waals surface area contributed by atoms with Gasteiger partial charge < -0.3 is 16.0 Å². The molecule has 0 aliphatic carbocycles. The van der Waals surface area contributed by atoms with E-state index in [1.54, 1.807) is 7.05 Å². The predicted octanol–water partition coefficient (Wildman–Crippen LogP) is 2.65. The van der Waals surface area contributed by atoms with Crippen LogP contribution in [0.5, 0.6) is 0 Å². The summed E-state index contributed by atoms with van der Waals surface area (Å²) in [6, 6.07) is 8.02. The van der Waals surface area contributed by atoms with Gasteiger partial charge in [0.2, 0.25) is 5.91 Å². The van der Waals surface area contributed by atoms with E-state index in [1.807, 2.05) is 45.0 Å². The Bertz CT molecular complexity index is 515. The highest BCUT2D eigenvalue weighted by Crippen LogP contribution is 2.11. The molecule has 0 aliphatic rings. The summed E-state index contributed by atoms with van der Waals surface area (Å²) in [5.74, 6) is 0.534. The molecule has 0 spiro atoms. The molecule has 0 saturated heterocycles. The third kappa shape index (κ3) is 9.24. The van der Waals surface area contributed by atoms with E-state index in [0.717, 1.165) is 10.0 Å². The number of nitrogens with zero attached hydrogens (tertiary/aromatic N) is 1. The molecule has 22 heavy (non-hydrogen) atoms. The van der Waals surface area contributed by atoms with Crippen molar-refractivity contribution in [3.63, 3.8) is 0 Å². The second-order valence-corrected chi connectivity index (χ2v) is 6.62. The second-order valence-electron chi connectivity index (χ2n) is 5.71. The number of amides is 1. The zero-order valence-corrected chi connectivity index (χ0v) is 17.3. The first-order valence-electron chi connectivity index (χ1n) is 6.80. The van der Waals surface area contributed by atoms with Gasteiger partial charge in [0.1, 0.15) is 0 Å². The van der Waals surface area contributed by atoms with Gasteiger partial charge in [-0.25, -0.2) is 0 Å². The van der Waals surface area contributed by atoms with Crippen molar-refractivity contribution in [1.29, 1.82) is 0 Å². The first-order chi connectivity index (χ1) is 9.80. The summed E-state index contributed by atoms with van der Waals surface area (Å²) < 4.78 is 1.04. The molecular formula is C15H24BrIN4O. The number of halogens is 2. The molecule has 1 amide bonds. The van der Waals surface area contributed by atoms with Crippen LogP contribution in [-0.2, 0) is 11.3 Å². The second kappa shape index (κ2) is 10.0. The lowest BCUT2D eigenvalue weighted by atomic mass is 10.1. The highest BCUT2D eigenvalue weighted by atomic mass is 127. The Labute approximate surface area is 157 Å². The fourth-order valence-electron chi connectivity index (χ4n) is 1.68.